The van der Waals surface area contributed by atoms with Crippen molar-refractivity contribution in [1.29, 1.82) is 0 Å². The van der Waals surface area contributed by atoms with E-state index in [1.165, 1.54) is 7.11 Å². The number of allylic oxidation sites excluding steroid dienone is 1. The van der Waals surface area contributed by atoms with Crippen LogP contribution in [0.25, 0.3) is 0 Å². The first kappa shape index (κ1) is 16.4. The number of ether oxygens (including phenoxy) is 2. The number of amides is 1. The maximum absolute atomic E-state index is 11.5. The minimum absolute atomic E-state index is 0.0126. The van der Waals surface area contributed by atoms with Gasteiger partial charge in [-0.15, -0.1) is 0 Å². The van der Waals surface area contributed by atoms with Gasteiger partial charge in [0.05, 0.1) is 7.11 Å². The quantitative estimate of drug-likeness (QED) is 0.440. The van der Waals surface area contributed by atoms with Gasteiger partial charge >= 0.3 is 12.1 Å². The molecule has 0 bridgehead atoms. The van der Waals surface area contributed by atoms with E-state index in [-0.39, 0.29) is 12.1 Å². The van der Waals surface area contributed by atoms with Crippen molar-refractivity contribution in [2.75, 3.05) is 7.11 Å². The van der Waals surface area contributed by atoms with Gasteiger partial charge in [0.1, 0.15) is 11.3 Å². The third-order valence-electron chi connectivity index (χ3n) is 1.96. The molecule has 0 unspecified atom stereocenters. The highest BCUT2D eigenvalue weighted by molar-refractivity contribution is 6.38. The Morgan fingerprint density at radius 3 is 2.22 bits per heavy atom. The Hall–Kier alpha value is -1.65. The van der Waals surface area contributed by atoms with Crippen molar-refractivity contribution in [2.24, 2.45) is 4.99 Å². The van der Waals surface area contributed by atoms with E-state index >= 15 is 0 Å². The second-order valence-electron chi connectivity index (χ2n) is 4.81. The highest BCUT2D eigenvalue weighted by Crippen LogP contribution is 2.10. The Morgan fingerprint density at radius 2 is 1.83 bits per heavy atom. The molecule has 5 nitrogen and oxygen atoms in total. The Balaban J connectivity index is 4.90. The molecule has 0 aromatic heterocycles. The first-order valence-electron chi connectivity index (χ1n) is 5.75. The third kappa shape index (κ3) is 6.83. The Morgan fingerprint density at radius 1 is 1.28 bits per heavy atom. The summed E-state index contributed by atoms with van der Waals surface area (Å²) in [5.41, 5.74) is 0.158. The van der Waals surface area contributed by atoms with E-state index in [4.69, 9.17) is 4.74 Å². The van der Waals surface area contributed by atoms with E-state index in [2.05, 4.69) is 16.3 Å². The fourth-order valence-corrected chi connectivity index (χ4v) is 1.03. The highest BCUT2D eigenvalue weighted by atomic mass is 16.6. The monoisotopic (exact) mass is 255 g/mol. The average molecular weight is 255 g/mol. The number of rotatable bonds is 4. The van der Waals surface area contributed by atoms with E-state index < -0.39 is 17.7 Å². The first-order chi connectivity index (χ1) is 8.19. The fourth-order valence-electron chi connectivity index (χ4n) is 1.03. The molecule has 0 aromatic carbocycles. The van der Waals surface area contributed by atoms with Crippen molar-refractivity contribution in [1.82, 2.24) is 0 Å². The van der Waals surface area contributed by atoms with E-state index in [1.807, 2.05) is 6.92 Å². The molecule has 0 aliphatic carbocycles. The topological polar surface area (TPSA) is 65.0 Å². The number of hydrogen-bond acceptors (Lipinski definition) is 4. The molecule has 0 radical (unpaired) electrons. The maximum atomic E-state index is 11.5. The fraction of sp³-hybridized carbons (Fsp3) is 0.615. The molecule has 0 N–H and O–H groups in total. The number of aliphatic imine (C=N–C) groups is 1. The van der Waals surface area contributed by atoms with Crippen molar-refractivity contribution in [2.45, 2.75) is 46.1 Å². The van der Waals surface area contributed by atoms with Crippen LogP contribution in [-0.2, 0) is 14.3 Å². The summed E-state index contributed by atoms with van der Waals surface area (Å²) in [6.07, 6.45) is 0.110. The minimum atomic E-state index is -0.799. The molecule has 102 valence electrons. The molecule has 0 aromatic rings. The molecule has 1 amide bonds. The number of methoxy groups -OCH3 is 1. The van der Waals surface area contributed by atoms with Crippen LogP contribution in [0.4, 0.5) is 4.79 Å². The van der Waals surface area contributed by atoms with Gasteiger partial charge < -0.3 is 9.47 Å². The first-order valence-corrected chi connectivity index (χ1v) is 5.75. The third-order valence-corrected chi connectivity index (χ3v) is 1.96. The summed E-state index contributed by atoms with van der Waals surface area (Å²) in [6.45, 7) is 10.9. The molecule has 0 fully saturated rings. The second-order valence-corrected chi connectivity index (χ2v) is 4.81. The molecule has 18 heavy (non-hydrogen) atoms. The number of nitrogens with zero attached hydrogens (tertiary/aromatic N) is 1. The lowest BCUT2D eigenvalue weighted by Gasteiger charge is -2.17. The lowest BCUT2D eigenvalue weighted by Crippen LogP contribution is -2.24. The Kier molecular flexibility index (Phi) is 6.30. The summed E-state index contributed by atoms with van der Waals surface area (Å²) in [5, 5.41) is 0. The van der Waals surface area contributed by atoms with Crippen LogP contribution in [0.3, 0.4) is 0 Å². The second kappa shape index (κ2) is 6.93. The van der Waals surface area contributed by atoms with Gasteiger partial charge in [-0.2, -0.15) is 4.99 Å². The molecule has 0 atom stereocenters. The molecule has 0 aliphatic heterocycles. The molecule has 5 heteroatoms. The van der Waals surface area contributed by atoms with Crippen LogP contribution < -0.4 is 0 Å². The van der Waals surface area contributed by atoms with Crippen molar-refractivity contribution >= 4 is 17.8 Å². The molecule has 0 rings (SSSR count). The lowest BCUT2D eigenvalue weighted by atomic mass is 10.1. The molecular formula is C13H21NO4. The zero-order valence-corrected chi connectivity index (χ0v) is 11.7. The molecule has 0 saturated heterocycles. The molecule has 0 spiro atoms. The maximum Gasteiger partial charge on any atom is 0.434 e. The zero-order valence-electron chi connectivity index (χ0n) is 11.7. The van der Waals surface area contributed by atoms with Crippen molar-refractivity contribution in [3.05, 3.63) is 12.2 Å². The van der Waals surface area contributed by atoms with E-state index in [1.54, 1.807) is 20.8 Å². The van der Waals surface area contributed by atoms with Crippen LogP contribution in [0.5, 0.6) is 0 Å². The number of hydrogen-bond donors (Lipinski definition) is 0. The van der Waals surface area contributed by atoms with Gasteiger partial charge in [-0.25, -0.2) is 9.59 Å². The SMILES string of the molecule is C=C(CC)C/C(=N/C(=O)OC(C)(C)C)C(=O)OC. The van der Waals surface area contributed by atoms with E-state index in [0.29, 0.717) is 6.42 Å². The highest BCUT2D eigenvalue weighted by Gasteiger charge is 2.19. The van der Waals surface area contributed by atoms with Crippen LogP contribution in [0, 0.1) is 0 Å². The van der Waals surface area contributed by atoms with Crippen LogP contribution in [0.1, 0.15) is 40.5 Å². The van der Waals surface area contributed by atoms with Gasteiger partial charge in [-0.1, -0.05) is 19.1 Å². The molecule has 0 heterocycles. The standard InChI is InChI=1S/C13H21NO4/c1-7-9(2)8-10(11(15)17-6)14-12(16)18-13(3,4)5/h2,7-8H2,1,3-6H3/b14-10-. The van der Waals surface area contributed by atoms with Crippen molar-refractivity contribution < 1.29 is 19.1 Å². The van der Waals surface area contributed by atoms with Gasteiger partial charge in [0.15, 0.2) is 0 Å². The van der Waals surface area contributed by atoms with E-state index in [0.717, 1.165) is 5.57 Å². The summed E-state index contributed by atoms with van der Waals surface area (Å²) < 4.78 is 9.58. The predicted octanol–water partition coefficient (Wildman–Crippen LogP) is 2.89. The lowest BCUT2D eigenvalue weighted by molar-refractivity contribution is -0.132. The van der Waals surface area contributed by atoms with Crippen LogP contribution in [0.15, 0.2) is 17.1 Å². The summed E-state index contributed by atoms with van der Waals surface area (Å²) in [6, 6.07) is 0. The average Bonchev–Trinajstić information content (AvgIpc) is 2.24. The van der Waals surface area contributed by atoms with Crippen molar-refractivity contribution in [3.63, 3.8) is 0 Å². The van der Waals surface area contributed by atoms with Crippen LogP contribution in [-0.4, -0.2) is 30.5 Å². The smallest absolute Gasteiger partial charge is 0.434 e. The van der Waals surface area contributed by atoms with Gasteiger partial charge in [0.2, 0.25) is 0 Å². The molecule has 0 saturated carbocycles. The number of carbonyl (C=O) groups is 2. The summed E-state index contributed by atoms with van der Waals surface area (Å²) in [4.78, 5) is 26.6. The largest absolute Gasteiger partial charge is 0.465 e. The predicted molar refractivity (Wildman–Crippen MR) is 69.7 cm³/mol. The zero-order chi connectivity index (χ0) is 14.3. The molecular weight excluding hydrogens is 234 g/mol. The Bertz CT molecular complexity index is 364. The summed E-state index contributed by atoms with van der Waals surface area (Å²) in [7, 11) is 1.24. The minimum Gasteiger partial charge on any atom is -0.465 e. The van der Waals surface area contributed by atoms with Gasteiger partial charge in [-0.3, -0.25) is 0 Å². The van der Waals surface area contributed by atoms with Crippen LogP contribution >= 0.6 is 0 Å². The van der Waals surface area contributed by atoms with Crippen LogP contribution in [0.2, 0.25) is 0 Å². The summed E-state index contributed by atoms with van der Waals surface area (Å²) in [5.74, 6) is -0.643. The molecule has 0 aliphatic rings. The number of esters is 1. The van der Waals surface area contributed by atoms with E-state index in [9.17, 15) is 9.59 Å². The van der Waals surface area contributed by atoms with Gasteiger partial charge in [0, 0.05) is 6.42 Å². The normalized spacial score (nSPS) is 11.9. The number of carbonyl (C=O) groups excluding carboxylic acids is 2. The Labute approximate surface area is 108 Å². The van der Waals surface area contributed by atoms with Gasteiger partial charge in [-0.05, 0) is 27.2 Å². The summed E-state index contributed by atoms with van der Waals surface area (Å²) >= 11 is 0. The van der Waals surface area contributed by atoms with Crippen molar-refractivity contribution in [3.8, 4) is 0 Å². The van der Waals surface area contributed by atoms with Gasteiger partial charge in [0.25, 0.3) is 0 Å².